The van der Waals surface area contributed by atoms with Crippen LogP contribution in [0.15, 0.2) is 22.7 Å². The molecule has 0 saturated carbocycles. The molecule has 1 rings (SSSR count). The van der Waals surface area contributed by atoms with E-state index < -0.39 is 6.17 Å². The highest BCUT2D eigenvalue weighted by molar-refractivity contribution is 9.10. The second-order valence-corrected chi connectivity index (χ2v) is 3.25. The fourth-order valence-electron chi connectivity index (χ4n) is 0.791. The van der Waals surface area contributed by atoms with Crippen molar-refractivity contribution in [2.75, 3.05) is 5.73 Å². The van der Waals surface area contributed by atoms with Crippen molar-refractivity contribution in [1.29, 1.82) is 0 Å². The zero-order valence-corrected chi connectivity index (χ0v) is 7.73. The maximum atomic E-state index is 12.7. The van der Waals surface area contributed by atoms with Crippen molar-refractivity contribution in [3.8, 4) is 0 Å². The highest BCUT2D eigenvalue weighted by Crippen LogP contribution is 2.25. The van der Waals surface area contributed by atoms with Crippen molar-refractivity contribution in [2.24, 2.45) is 0 Å². The number of hydrogen-bond donors (Lipinski definition) is 1. The number of halogens is 2. The van der Waals surface area contributed by atoms with Crippen LogP contribution in [0.3, 0.4) is 0 Å². The third-order valence-corrected chi connectivity index (χ3v) is 2.17. The zero-order valence-electron chi connectivity index (χ0n) is 6.14. The van der Waals surface area contributed by atoms with E-state index in [1.165, 1.54) is 6.92 Å². The van der Waals surface area contributed by atoms with Crippen LogP contribution in [-0.4, -0.2) is 0 Å². The van der Waals surface area contributed by atoms with E-state index in [2.05, 4.69) is 15.9 Å². The molecular weight excluding hydrogens is 209 g/mol. The Morgan fingerprint density at radius 3 is 2.64 bits per heavy atom. The number of nitrogens with two attached hydrogens (primary N) is 1. The van der Waals surface area contributed by atoms with Gasteiger partial charge in [0, 0.05) is 10.2 Å². The minimum absolute atomic E-state index is 0.634. The summed E-state index contributed by atoms with van der Waals surface area (Å²) in [4.78, 5) is 0. The van der Waals surface area contributed by atoms with Gasteiger partial charge in [0.05, 0.1) is 0 Å². The molecule has 0 spiro atoms. The Labute approximate surface area is 73.5 Å². The number of benzene rings is 1. The van der Waals surface area contributed by atoms with Crippen molar-refractivity contribution in [2.45, 2.75) is 13.1 Å². The Bertz CT molecular complexity index is 260. The first-order chi connectivity index (χ1) is 5.11. The molecule has 1 aromatic rings. The molecule has 1 nitrogen and oxygen atoms in total. The average Bonchev–Trinajstić information content (AvgIpc) is 1.94. The minimum atomic E-state index is -0.938. The molecule has 0 bridgehead atoms. The van der Waals surface area contributed by atoms with Crippen LogP contribution in [0.2, 0.25) is 0 Å². The van der Waals surface area contributed by atoms with Crippen LogP contribution >= 0.6 is 15.9 Å². The Morgan fingerprint density at radius 2 is 2.18 bits per heavy atom. The highest BCUT2D eigenvalue weighted by atomic mass is 79.9. The quantitative estimate of drug-likeness (QED) is 0.720. The molecule has 0 aromatic heterocycles. The smallest absolute Gasteiger partial charge is 0.122 e. The van der Waals surface area contributed by atoms with Gasteiger partial charge in [-0.3, -0.25) is 0 Å². The molecule has 0 aliphatic rings. The molecule has 11 heavy (non-hydrogen) atoms. The number of nitrogen functional groups attached to an aromatic ring is 1. The van der Waals surface area contributed by atoms with Gasteiger partial charge in [-0.1, -0.05) is 6.07 Å². The second kappa shape index (κ2) is 3.22. The lowest BCUT2D eigenvalue weighted by atomic mass is 10.1. The first kappa shape index (κ1) is 8.53. The van der Waals surface area contributed by atoms with E-state index in [0.29, 0.717) is 11.3 Å². The fraction of sp³-hybridized carbons (Fsp3) is 0.250. The van der Waals surface area contributed by atoms with Gasteiger partial charge in [-0.2, -0.15) is 0 Å². The normalized spacial score (nSPS) is 13.0. The summed E-state index contributed by atoms with van der Waals surface area (Å²) in [6, 6.07) is 5.07. The maximum Gasteiger partial charge on any atom is 0.122 e. The maximum absolute atomic E-state index is 12.7. The third kappa shape index (κ3) is 1.93. The second-order valence-electron chi connectivity index (χ2n) is 2.40. The number of hydrogen-bond acceptors (Lipinski definition) is 1. The first-order valence-corrected chi connectivity index (χ1v) is 4.09. The molecule has 60 valence electrons. The summed E-state index contributed by atoms with van der Waals surface area (Å²) in [5, 5.41) is 0. The van der Waals surface area contributed by atoms with E-state index in [1.807, 2.05) is 0 Å². The minimum Gasteiger partial charge on any atom is -0.398 e. The molecule has 0 fully saturated rings. The molecule has 2 N–H and O–H groups in total. The van der Waals surface area contributed by atoms with Crippen molar-refractivity contribution < 1.29 is 4.39 Å². The van der Waals surface area contributed by atoms with E-state index in [0.717, 1.165) is 4.47 Å². The molecule has 1 unspecified atom stereocenters. The number of rotatable bonds is 1. The van der Waals surface area contributed by atoms with Gasteiger partial charge in [0.15, 0.2) is 0 Å². The topological polar surface area (TPSA) is 26.0 Å². The molecule has 0 amide bonds. The third-order valence-electron chi connectivity index (χ3n) is 1.48. The lowest BCUT2D eigenvalue weighted by Crippen LogP contribution is -1.90. The predicted octanol–water partition coefficient (Wildman–Crippen LogP) is 3.06. The Hall–Kier alpha value is -0.570. The number of alkyl halides is 1. The van der Waals surface area contributed by atoms with Gasteiger partial charge >= 0.3 is 0 Å². The van der Waals surface area contributed by atoms with Crippen molar-refractivity contribution in [1.82, 2.24) is 0 Å². The SMILES string of the molecule is CC(F)c1ccc(N)c(Br)c1. The van der Waals surface area contributed by atoms with Crippen LogP contribution in [-0.2, 0) is 0 Å². The van der Waals surface area contributed by atoms with Crippen LogP contribution in [0.1, 0.15) is 18.7 Å². The first-order valence-electron chi connectivity index (χ1n) is 3.30. The van der Waals surface area contributed by atoms with E-state index in [-0.39, 0.29) is 0 Å². The van der Waals surface area contributed by atoms with E-state index in [9.17, 15) is 4.39 Å². The Balaban J connectivity index is 3.05. The van der Waals surface area contributed by atoms with Gasteiger partial charge in [-0.25, -0.2) is 4.39 Å². The van der Waals surface area contributed by atoms with Crippen LogP contribution < -0.4 is 5.73 Å². The predicted molar refractivity (Wildman–Crippen MR) is 48.1 cm³/mol. The van der Waals surface area contributed by atoms with Gasteiger partial charge in [0.25, 0.3) is 0 Å². The lowest BCUT2D eigenvalue weighted by Gasteiger charge is -2.03. The van der Waals surface area contributed by atoms with Gasteiger partial charge in [0.1, 0.15) is 6.17 Å². The Morgan fingerprint density at radius 1 is 1.55 bits per heavy atom. The van der Waals surface area contributed by atoms with Crippen LogP contribution in [0, 0.1) is 0 Å². The van der Waals surface area contributed by atoms with Crippen LogP contribution in [0.4, 0.5) is 10.1 Å². The van der Waals surface area contributed by atoms with Crippen LogP contribution in [0.25, 0.3) is 0 Å². The van der Waals surface area contributed by atoms with Gasteiger partial charge < -0.3 is 5.73 Å². The number of anilines is 1. The molecule has 0 saturated heterocycles. The molecule has 1 aromatic carbocycles. The lowest BCUT2D eigenvalue weighted by molar-refractivity contribution is 0.374. The molecule has 1 atom stereocenters. The van der Waals surface area contributed by atoms with Crippen LogP contribution in [0.5, 0.6) is 0 Å². The summed E-state index contributed by atoms with van der Waals surface area (Å²) in [6.45, 7) is 1.50. The molecule has 3 heteroatoms. The van der Waals surface area contributed by atoms with Gasteiger partial charge in [-0.15, -0.1) is 0 Å². The molecule has 0 radical (unpaired) electrons. The molecule has 0 heterocycles. The summed E-state index contributed by atoms with van der Waals surface area (Å²) in [7, 11) is 0. The Kier molecular flexibility index (Phi) is 2.49. The monoisotopic (exact) mass is 217 g/mol. The standard InChI is InChI=1S/C8H9BrFN/c1-5(10)6-2-3-8(11)7(9)4-6/h2-5H,11H2,1H3. The van der Waals surface area contributed by atoms with Gasteiger partial charge in [0.2, 0.25) is 0 Å². The summed E-state index contributed by atoms with van der Waals surface area (Å²) in [6.07, 6.45) is -0.938. The molecule has 0 aliphatic heterocycles. The zero-order chi connectivity index (χ0) is 8.43. The van der Waals surface area contributed by atoms with Crippen molar-refractivity contribution in [3.05, 3.63) is 28.2 Å². The van der Waals surface area contributed by atoms with E-state index in [4.69, 9.17) is 5.73 Å². The highest BCUT2D eigenvalue weighted by Gasteiger charge is 2.03. The van der Waals surface area contributed by atoms with E-state index in [1.54, 1.807) is 18.2 Å². The fourth-order valence-corrected chi connectivity index (χ4v) is 1.19. The summed E-state index contributed by atoms with van der Waals surface area (Å²) in [5.74, 6) is 0. The van der Waals surface area contributed by atoms with Gasteiger partial charge in [-0.05, 0) is 40.5 Å². The largest absolute Gasteiger partial charge is 0.398 e. The summed E-state index contributed by atoms with van der Waals surface area (Å²) >= 11 is 3.22. The molecular formula is C8H9BrFN. The van der Waals surface area contributed by atoms with Crippen molar-refractivity contribution in [3.63, 3.8) is 0 Å². The average molecular weight is 218 g/mol. The molecule has 0 aliphatic carbocycles. The van der Waals surface area contributed by atoms with E-state index >= 15 is 0 Å². The summed E-state index contributed by atoms with van der Waals surface area (Å²) < 4.78 is 13.4. The summed E-state index contributed by atoms with van der Waals surface area (Å²) in [5.41, 5.74) is 6.80. The van der Waals surface area contributed by atoms with Crippen molar-refractivity contribution >= 4 is 21.6 Å².